The average Bonchev–Trinajstić information content (AvgIpc) is 2.47. The molecule has 0 aliphatic heterocycles. The number of benzene rings is 1. The van der Waals surface area contributed by atoms with Crippen molar-refractivity contribution in [3.05, 3.63) is 35.4 Å². The fraction of sp³-hybridized carbons (Fsp3) is 0.533. The molecule has 0 bridgehead atoms. The lowest BCUT2D eigenvalue weighted by molar-refractivity contribution is -0.142. The molecule has 2 N–H and O–H groups in total. The first-order valence-electron chi connectivity index (χ1n) is 6.77. The Balaban J connectivity index is 2.69. The van der Waals surface area contributed by atoms with Crippen LogP contribution in [0.15, 0.2) is 24.3 Å². The Morgan fingerprint density at radius 3 is 2.15 bits per heavy atom. The molecule has 5 nitrogen and oxygen atoms in total. The first-order valence-corrected chi connectivity index (χ1v) is 6.77. The smallest absolute Gasteiger partial charge is 0.322 e. The van der Waals surface area contributed by atoms with Crippen LogP contribution in [0.5, 0.6) is 0 Å². The Kier molecular flexibility index (Phi) is 7.22. The van der Waals surface area contributed by atoms with Gasteiger partial charge >= 0.3 is 5.97 Å². The SMILES string of the molecule is CCOC(OCC)c1ccc(CC(N)C(=O)OC)cc1. The zero-order chi connectivity index (χ0) is 15.0. The Labute approximate surface area is 120 Å². The predicted molar refractivity (Wildman–Crippen MR) is 76.1 cm³/mol. The normalized spacial score (nSPS) is 12.4. The monoisotopic (exact) mass is 281 g/mol. The van der Waals surface area contributed by atoms with Crippen LogP contribution in [0.1, 0.15) is 31.3 Å². The summed E-state index contributed by atoms with van der Waals surface area (Å²) >= 11 is 0. The number of carbonyl (C=O) groups excluding carboxylic acids is 1. The highest BCUT2D eigenvalue weighted by molar-refractivity contribution is 5.75. The summed E-state index contributed by atoms with van der Waals surface area (Å²) in [6, 6.07) is 7.05. The maximum atomic E-state index is 11.3. The Morgan fingerprint density at radius 2 is 1.70 bits per heavy atom. The summed E-state index contributed by atoms with van der Waals surface area (Å²) in [7, 11) is 1.33. The number of carbonyl (C=O) groups is 1. The lowest BCUT2D eigenvalue weighted by atomic mass is 10.0. The molecule has 0 fully saturated rings. The topological polar surface area (TPSA) is 70.8 Å². The molecule has 0 aromatic heterocycles. The summed E-state index contributed by atoms with van der Waals surface area (Å²) in [5.74, 6) is -0.407. The summed E-state index contributed by atoms with van der Waals surface area (Å²) in [6.07, 6.45) is 0.0919. The first kappa shape index (κ1) is 16.6. The second-order valence-electron chi connectivity index (χ2n) is 4.32. The van der Waals surface area contributed by atoms with Crippen LogP contribution in [0.25, 0.3) is 0 Å². The minimum Gasteiger partial charge on any atom is -0.468 e. The molecule has 112 valence electrons. The van der Waals surface area contributed by atoms with Crippen molar-refractivity contribution in [1.82, 2.24) is 0 Å². The van der Waals surface area contributed by atoms with Crippen molar-refractivity contribution < 1.29 is 19.0 Å². The second-order valence-corrected chi connectivity index (χ2v) is 4.32. The van der Waals surface area contributed by atoms with Gasteiger partial charge in [0.2, 0.25) is 0 Å². The largest absolute Gasteiger partial charge is 0.468 e. The third-order valence-corrected chi connectivity index (χ3v) is 2.85. The van der Waals surface area contributed by atoms with E-state index in [1.807, 2.05) is 38.1 Å². The first-order chi connectivity index (χ1) is 9.62. The molecule has 0 aliphatic carbocycles. The van der Waals surface area contributed by atoms with E-state index in [1.54, 1.807) is 0 Å². The van der Waals surface area contributed by atoms with Gasteiger partial charge in [-0.25, -0.2) is 0 Å². The molecule has 1 unspecified atom stereocenters. The van der Waals surface area contributed by atoms with Gasteiger partial charge in [-0.15, -0.1) is 0 Å². The maximum absolute atomic E-state index is 11.3. The van der Waals surface area contributed by atoms with Crippen molar-refractivity contribution in [3.8, 4) is 0 Å². The molecule has 1 rings (SSSR count). The molecule has 1 aromatic carbocycles. The quantitative estimate of drug-likeness (QED) is 0.581. The lowest BCUT2D eigenvalue weighted by Gasteiger charge is -2.17. The number of esters is 1. The molecule has 1 aromatic rings. The van der Waals surface area contributed by atoms with E-state index in [0.717, 1.165) is 11.1 Å². The highest BCUT2D eigenvalue weighted by atomic mass is 16.7. The maximum Gasteiger partial charge on any atom is 0.322 e. The van der Waals surface area contributed by atoms with Crippen LogP contribution in [0.3, 0.4) is 0 Å². The molecule has 1 atom stereocenters. The van der Waals surface area contributed by atoms with Gasteiger partial charge in [0.05, 0.1) is 7.11 Å². The molecule has 20 heavy (non-hydrogen) atoms. The molecule has 0 radical (unpaired) electrons. The zero-order valence-electron chi connectivity index (χ0n) is 12.3. The van der Waals surface area contributed by atoms with Gasteiger partial charge in [0.25, 0.3) is 0 Å². The van der Waals surface area contributed by atoms with Crippen molar-refractivity contribution in [2.75, 3.05) is 20.3 Å². The zero-order valence-corrected chi connectivity index (χ0v) is 12.3. The van der Waals surface area contributed by atoms with E-state index in [9.17, 15) is 4.79 Å². The van der Waals surface area contributed by atoms with Crippen LogP contribution in [0, 0.1) is 0 Å². The number of hydrogen-bond acceptors (Lipinski definition) is 5. The molecule has 0 aliphatic rings. The summed E-state index contributed by atoms with van der Waals surface area (Å²) in [4.78, 5) is 11.3. The average molecular weight is 281 g/mol. The second kappa shape index (κ2) is 8.68. The Hall–Kier alpha value is -1.43. The minimum absolute atomic E-state index is 0.353. The molecule has 0 spiro atoms. The van der Waals surface area contributed by atoms with E-state index < -0.39 is 12.0 Å². The fourth-order valence-electron chi connectivity index (χ4n) is 1.84. The fourth-order valence-corrected chi connectivity index (χ4v) is 1.84. The number of methoxy groups -OCH3 is 1. The molecular weight excluding hydrogens is 258 g/mol. The summed E-state index contributed by atoms with van der Waals surface area (Å²) < 4.78 is 15.7. The van der Waals surface area contributed by atoms with Crippen LogP contribution < -0.4 is 5.73 Å². The van der Waals surface area contributed by atoms with Crippen LogP contribution in [-0.4, -0.2) is 32.3 Å². The van der Waals surface area contributed by atoms with Gasteiger partial charge in [0, 0.05) is 18.8 Å². The summed E-state index contributed by atoms with van der Waals surface area (Å²) in [6.45, 7) is 5.02. The van der Waals surface area contributed by atoms with E-state index in [0.29, 0.717) is 19.6 Å². The molecule has 0 heterocycles. The van der Waals surface area contributed by atoms with Crippen LogP contribution in [0.2, 0.25) is 0 Å². The molecular formula is C15H23NO4. The van der Waals surface area contributed by atoms with Crippen LogP contribution >= 0.6 is 0 Å². The molecule has 0 amide bonds. The van der Waals surface area contributed by atoms with Gasteiger partial charge in [0.1, 0.15) is 6.04 Å². The predicted octanol–water partition coefficient (Wildman–Crippen LogP) is 1.80. The third kappa shape index (κ3) is 4.92. The number of rotatable bonds is 8. The summed E-state index contributed by atoms with van der Waals surface area (Å²) in [5.41, 5.74) is 7.65. The van der Waals surface area contributed by atoms with E-state index in [4.69, 9.17) is 15.2 Å². The van der Waals surface area contributed by atoms with Crippen LogP contribution in [-0.2, 0) is 25.4 Å². The Bertz CT molecular complexity index is 399. The number of hydrogen-bond donors (Lipinski definition) is 1. The van der Waals surface area contributed by atoms with E-state index in [1.165, 1.54) is 7.11 Å². The Morgan fingerprint density at radius 1 is 1.15 bits per heavy atom. The third-order valence-electron chi connectivity index (χ3n) is 2.85. The van der Waals surface area contributed by atoms with Gasteiger partial charge in [-0.3, -0.25) is 4.79 Å². The van der Waals surface area contributed by atoms with E-state index in [-0.39, 0.29) is 6.29 Å². The number of ether oxygens (including phenoxy) is 3. The van der Waals surface area contributed by atoms with Crippen molar-refractivity contribution in [1.29, 1.82) is 0 Å². The van der Waals surface area contributed by atoms with E-state index in [2.05, 4.69) is 4.74 Å². The molecule has 0 saturated carbocycles. The lowest BCUT2D eigenvalue weighted by Crippen LogP contribution is -2.33. The van der Waals surface area contributed by atoms with Gasteiger partial charge in [-0.05, 0) is 25.8 Å². The van der Waals surface area contributed by atoms with Gasteiger partial charge < -0.3 is 19.9 Å². The highest BCUT2D eigenvalue weighted by Crippen LogP contribution is 2.19. The number of nitrogens with two attached hydrogens (primary N) is 1. The van der Waals surface area contributed by atoms with Gasteiger partial charge in [0.15, 0.2) is 6.29 Å². The summed E-state index contributed by atoms with van der Waals surface area (Å²) in [5, 5.41) is 0. The van der Waals surface area contributed by atoms with E-state index >= 15 is 0 Å². The van der Waals surface area contributed by atoms with Gasteiger partial charge in [-0.2, -0.15) is 0 Å². The van der Waals surface area contributed by atoms with Crippen molar-refractivity contribution in [2.45, 2.75) is 32.6 Å². The van der Waals surface area contributed by atoms with Crippen molar-refractivity contribution >= 4 is 5.97 Å². The van der Waals surface area contributed by atoms with Crippen LogP contribution in [0.4, 0.5) is 0 Å². The highest BCUT2D eigenvalue weighted by Gasteiger charge is 2.15. The van der Waals surface area contributed by atoms with Crippen molar-refractivity contribution in [3.63, 3.8) is 0 Å². The standard InChI is InChI=1S/C15H23NO4/c1-4-19-15(20-5-2)12-8-6-11(7-9-12)10-13(16)14(17)18-3/h6-9,13,15H,4-5,10,16H2,1-3H3. The molecule has 0 saturated heterocycles. The van der Waals surface area contributed by atoms with Crippen molar-refractivity contribution in [2.24, 2.45) is 5.73 Å². The minimum atomic E-state index is -0.638. The van der Waals surface area contributed by atoms with Gasteiger partial charge in [-0.1, -0.05) is 24.3 Å². The molecule has 5 heteroatoms.